The number of hydrogen-bond donors (Lipinski definition) is 2. The van der Waals surface area contributed by atoms with Gasteiger partial charge >= 0.3 is 0 Å². The van der Waals surface area contributed by atoms with Crippen molar-refractivity contribution in [3.05, 3.63) is 21.3 Å². The van der Waals surface area contributed by atoms with E-state index in [4.69, 9.17) is 28.6 Å². The zero-order valence-electron chi connectivity index (χ0n) is 8.38. The third-order valence-corrected chi connectivity index (χ3v) is 3.16. The molecule has 0 saturated heterocycles. The lowest BCUT2D eigenvalue weighted by Crippen LogP contribution is -2.36. The molecular formula is C9H13ClN2OS2. The summed E-state index contributed by atoms with van der Waals surface area (Å²) in [6.45, 7) is 2.07. The lowest BCUT2D eigenvalue weighted by molar-refractivity contribution is 0.204. The van der Waals surface area contributed by atoms with Crippen molar-refractivity contribution >= 4 is 40.3 Å². The maximum absolute atomic E-state index is 5.80. The molecule has 2 N–H and O–H groups in total. The molecule has 1 rings (SSSR count). The fraction of sp³-hybridized carbons (Fsp3) is 0.444. The van der Waals surface area contributed by atoms with Crippen LogP contribution in [0, 0.1) is 0 Å². The van der Waals surface area contributed by atoms with Crippen molar-refractivity contribution in [2.75, 3.05) is 20.3 Å². The Balaban J connectivity index is 2.16. The van der Waals surface area contributed by atoms with E-state index in [2.05, 4.69) is 10.6 Å². The molecule has 0 atom stereocenters. The standard InChI is InChI=1S/C9H13ClN2OS2/c1-13-5-4-11-9(14)12-6-7-2-3-8(10)15-7/h2-3H,4-6H2,1H3,(H2,11,12,14). The molecule has 1 aromatic rings. The summed E-state index contributed by atoms with van der Waals surface area (Å²) < 4.78 is 5.69. The molecular weight excluding hydrogens is 252 g/mol. The van der Waals surface area contributed by atoms with Gasteiger partial charge in [0, 0.05) is 18.5 Å². The van der Waals surface area contributed by atoms with Crippen molar-refractivity contribution in [3.63, 3.8) is 0 Å². The second-order valence-electron chi connectivity index (χ2n) is 2.81. The predicted octanol–water partition coefficient (Wildman–Crippen LogP) is 2.01. The van der Waals surface area contributed by atoms with E-state index in [0.717, 1.165) is 9.21 Å². The second kappa shape index (κ2) is 7.00. The summed E-state index contributed by atoms with van der Waals surface area (Å²) in [5.41, 5.74) is 0. The van der Waals surface area contributed by atoms with Crippen LogP contribution < -0.4 is 10.6 Å². The van der Waals surface area contributed by atoms with Crippen LogP contribution in [0.5, 0.6) is 0 Å². The maximum Gasteiger partial charge on any atom is 0.166 e. The number of methoxy groups -OCH3 is 1. The SMILES string of the molecule is COCCNC(=S)NCc1ccc(Cl)s1. The Morgan fingerprint density at radius 1 is 1.53 bits per heavy atom. The highest BCUT2D eigenvalue weighted by molar-refractivity contribution is 7.80. The van der Waals surface area contributed by atoms with Gasteiger partial charge in [-0.05, 0) is 24.4 Å². The van der Waals surface area contributed by atoms with E-state index in [1.165, 1.54) is 0 Å². The van der Waals surface area contributed by atoms with Gasteiger partial charge in [0.2, 0.25) is 0 Å². The van der Waals surface area contributed by atoms with Gasteiger partial charge in [-0.3, -0.25) is 0 Å². The first kappa shape index (κ1) is 12.7. The largest absolute Gasteiger partial charge is 0.383 e. The zero-order chi connectivity index (χ0) is 11.1. The first-order chi connectivity index (χ1) is 7.22. The van der Waals surface area contributed by atoms with Crippen LogP contribution in [-0.4, -0.2) is 25.4 Å². The lowest BCUT2D eigenvalue weighted by atomic mass is 10.5. The summed E-state index contributed by atoms with van der Waals surface area (Å²) in [5, 5.41) is 6.75. The van der Waals surface area contributed by atoms with Crippen LogP contribution in [0.1, 0.15) is 4.88 Å². The summed E-state index contributed by atoms with van der Waals surface area (Å²) in [6, 6.07) is 3.86. The van der Waals surface area contributed by atoms with E-state index >= 15 is 0 Å². The van der Waals surface area contributed by atoms with Crippen molar-refractivity contribution in [2.24, 2.45) is 0 Å². The highest BCUT2D eigenvalue weighted by Crippen LogP contribution is 2.20. The van der Waals surface area contributed by atoms with Crippen LogP contribution in [0.15, 0.2) is 12.1 Å². The van der Waals surface area contributed by atoms with Crippen LogP contribution in [0.3, 0.4) is 0 Å². The molecule has 0 amide bonds. The average Bonchev–Trinajstić information content (AvgIpc) is 2.62. The van der Waals surface area contributed by atoms with Crippen molar-refractivity contribution < 1.29 is 4.74 Å². The second-order valence-corrected chi connectivity index (χ2v) is 5.02. The van der Waals surface area contributed by atoms with Gasteiger partial charge in [0.1, 0.15) is 0 Å². The highest BCUT2D eigenvalue weighted by atomic mass is 35.5. The molecule has 0 unspecified atom stereocenters. The monoisotopic (exact) mass is 264 g/mol. The molecule has 0 aliphatic carbocycles. The van der Waals surface area contributed by atoms with Crippen LogP contribution >= 0.6 is 35.2 Å². The predicted molar refractivity (Wildman–Crippen MR) is 68.6 cm³/mol. The van der Waals surface area contributed by atoms with Crippen LogP contribution in [0.2, 0.25) is 4.34 Å². The van der Waals surface area contributed by atoms with E-state index in [1.54, 1.807) is 18.4 Å². The van der Waals surface area contributed by atoms with Gasteiger partial charge in [0.05, 0.1) is 17.5 Å². The minimum absolute atomic E-state index is 0.636. The molecule has 0 fully saturated rings. The molecule has 1 heterocycles. The Morgan fingerprint density at radius 3 is 2.93 bits per heavy atom. The van der Waals surface area contributed by atoms with Crippen molar-refractivity contribution in [2.45, 2.75) is 6.54 Å². The van der Waals surface area contributed by atoms with Gasteiger partial charge in [0.15, 0.2) is 5.11 Å². The molecule has 0 spiro atoms. The Kier molecular flexibility index (Phi) is 5.93. The molecule has 0 aliphatic heterocycles. The third kappa shape index (κ3) is 5.32. The number of thiophene rings is 1. The molecule has 0 aliphatic rings. The zero-order valence-corrected chi connectivity index (χ0v) is 10.8. The number of rotatable bonds is 5. The summed E-state index contributed by atoms with van der Waals surface area (Å²) >= 11 is 12.4. The molecule has 1 aromatic heterocycles. The normalized spacial score (nSPS) is 10.0. The first-order valence-electron chi connectivity index (χ1n) is 4.47. The van der Waals surface area contributed by atoms with E-state index < -0.39 is 0 Å². The van der Waals surface area contributed by atoms with Gasteiger partial charge < -0.3 is 15.4 Å². The summed E-state index contributed by atoms with van der Waals surface area (Å²) in [7, 11) is 1.66. The molecule has 0 saturated carbocycles. The van der Waals surface area contributed by atoms with E-state index in [1.807, 2.05) is 12.1 Å². The fourth-order valence-corrected chi connectivity index (χ4v) is 2.14. The van der Waals surface area contributed by atoms with Gasteiger partial charge in [-0.15, -0.1) is 11.3 Å². The highest BCUT2D eigenvalue weighted by Gasteiger charge is 1.99. The average molecular weight is 265 g/mol. The maximum atomic E-state index is 5.80. The summed E-state index contributed by atoms with van der Waals surface area (Å²) in [4.78, 5) is 1.16. The number of nitrogens with one attached hydrogen (secondary N) is 2. The minimum Gasteiger partial charge on any atom is -0.383 e. The summed E-state index contributed by atoms with van der Waals surface area (Å²) in [6.07, 6.45) is 0. The van der Waals surface area contributed by atoms with Crippen LogP contribution in [-0.2, 0) is 11.3 Å². The molecule has 15 heavy (non-hydrogen) atoms. The number of ether oxygens (including phenoxy) is 1. The van der Waals surface area contributed by atoms with E-state index in [0.29, 0.717) is 24.8 Å². The smallest absolute Gasteiger partial charge is 0.166 e. The Hall–Kier alpha value is -0.360. The number of thiocarbonyl (C=S) groups is 1. The first-order valence-corrected chi connectivity index (χ1v) is 6.07. The molecule has 0 bridgehead atoms. The Morgan fingerprint density at radius 2 is 2.33 bits per heavy atom. The van der Waals surface area contributed by atoms with Gasteiger partial charge in [-0.1, -0.05) is 11.6 Å². The molecule has 84 valence electrons. The third-order valence-electron chi connectivity index (χ3n) is 1.64. The van der Waals surface area contributed by atoms with E-state index in [-0.39, 0.29) is 0 Å². The van der Waals surface area contributed by atoms with Gasteiger partial charge in [-0.25, -0.2) is 0 Å². The Bertz CT molecular complexity index is 317. The van der Waals surface area contributed by atoms with Crippen molar-refractivity contribution in [1.29, 1.82) is 0 Å². The minimum atomic E-state index is 0.636. The van der Waals surface area contributed by atoms with E-state index in [9.17, 15) is 0 Å². The lowest BCUT2D eigenvalue weighted by Gasteiger charge is -2.08. The van der Waals surface area contributed by atoms with Crippen molar-refractivity contribution in [3.8, 4) is 0 Å². The van der Waals surface area contributed by atoms with Crippen LogP contribution in [0.25, 0.3) is 0 Å². The van der Waals surface area contributed by atoms with Gasteiger partial charge in [-0.2, -0.15) is 0 Å². The summed E-state index contributed by atoms with van der Waals surface area (Å²) in [5.74, 6) is 0. The Labute approximate surface area is 104 Å². The number of halogens is 1. The van der Waals surface area contributed by atoms with Crippen molar-refractivity contribution in [1.82, 2.24) is 10.6 Å². The topological polar surface area (TPSA) is 33.3 Å². The molecule has 6 heteroatoms. The molecule has 0 radical (unpaired) electrons. The quantitative estimate of drug-likeness (QED) is 0.630. The number of hydrogen-bond acceptors (Lipinski definition) is 3. The van der Waals surface area contributed by atoms with Crippen LogP contribution in [0.4, 0.5) is 0 Å². The molecule has 3 nitrogen and oxygen atoms in total. The fourth-order valence-electron chi connectivity index (χ4n) is 0.943. The molecule has 0 aromatic carbocycles. The van der Waals surface area contributed by atoms with Gasteiger partial charge in [0.25, 0.3) is 0 Å².